The van der Waals surface area contributed by atoms with Gasteiger partial charge in [0.25, 0.3) is 0 Å². The van der Waals surface area contributed by atoms with Gasteiger partial charge in [-0.25, -0.2) is 0 Å². The molecule has 1 rings (SSSR count). The van der Waals surface area contributed by atoms with Gasteiger partial charge in [-0.15, -0.1) is 50.5 Å². The fraction of sp³-hybridized carbons (Fsp3) is 0.571. The highest BCUT2D eigenvalue weighted by Crippen LogP contribution is 2.39. The predicted octanol–water partition coefficient (Wildman–Crippen LogP) is 5.24. The lowest BCUT2D eigenvalue weighted by molar-refractivity contribution is 0.607. The third-order valence-corrected chi connectivity index (χ3v) is 5.14. The Bertz CT molecular complexity index is 366. The van der Waals surface area contributed by atoms with E-state index in [-0.39, 0.29) is 0 Å². The van der Waals surface area contributed by atoms with E-state index in [9.17, 15) is 0 Å². The normalized spacial score (nSPS) is 11.7. The lowest BCUT2D eigenvalue weighted by atomic mass is 9.97. The van der Waals surface area contributed by atoms with Crippen molar-refractivity contribution in [2.45, 2.75) is 60.1 Å². The molecule has 1 aromatic rings. The molecule has 0 saturated heterocycles. The minimum absolute atomic E-state index is 0.568. The Morgan fingerprint density at radius 2 is 0.833 bits per heavy atom. The molecule has 0 unspecified atom stereocenters. The van der Waals surface area contributed by atoms with Crippen molar-refractivity contribution in [1.82, 2.24) is 0 Å². The van der Waals surface area contributed by atoms with Crippen LogP contribution in [-0.4, -0.2) is 0 Å². The van der Waals surface area contributed by atoms with Gasteiger partial charge in [0.05, 0.1) is 0 Å². The van der Waals surface area contributed by atoms with E-state index < -0.39 is 0 Å². The van der Waals surface area contributed by atoms with E-state index in [0.717, 1.165) is 32.4 Å². The summed E-state index contributed by atoms with van der Waals surface area (Å²) in [6.45, 7) is 8.77. The molecule has 0 aromatic heterocycles. The molecule has 102 valence electrons. The molecule has 18 heavy (non-hydrogen) atoms. The number of hydrogen-bond acceptors (Lipinski definition) is 4. The van der Waals surface area contributed by atoms with Crippen LogP contribution < -0.4 is 0 Å². The molecular weight excluding hydrogens is 296 g/mol. The second kappa shape index (κ2) is 6.87. The number of rotatable bonds is 4. The van der Waals surface area contributed by atoms with Gasteiger partial charge in [0.1, 0.15) is 0 Å². The molecule has 0 atom stereocenters. The first-order valence-electron chi connectivity index (χ1n) is 6.23. The van der Waals surface area contributed by atoms with E-state index >= 15 is 0 Å². The molecule has 0 saturated carbocycles. The lowest BCUT2D eigenvalue weighted by Crippen LogP contribution is -2.04. The van der Waals surface area contributed by atoms with Gasteiger partial charge in [-0.3, -0.25) is 0 Å². The Morgan fingerprint density at radius 3 is 1.00 bits per heavy atom. The quantitative estimate of drug-likeness (QED) is 0.536. The summed E-state index contributed by atoms with van der Waals surface area (Å²) in [4.78, 5) is 3.85. The Morgan fingerprint density at radius 1 is 0.611 bits per heavy atom. The second-order valence-corrected chi connectivity index (χ2v) is 7.34. The zero-order valence-electron chi connectivity index (χ0n) is 11.4. The van der Waals surface area contributed by atoms with Crippen LogP contribution in [0.2, 0.25) is 0 Å². The van der Waals surface area contributed by atoms with Crippen molar-refractivity contribution in [1.29, 1.82) is 0 Å². The summed E-state index contributed by atoms with van der Waals surface area (Å²) in [7, 11) is 0. The van der Waals surface area contributed by atoms with Gasteiger partial charge < -0.3 is 0 Å². The molecule has 4 heteroatoms. The molecule has 0 spiro atoms. The van der Waals surface area contributed by atoms with Crippen LogP contribution in [0, 0.1) is 11.8 Å². The zero-order chi connectivity index (χ0) is 14.0. The molecule has 0 amide bonds. The molecule has 0 nitrogen and oxygen atoms in total. The van der Waals surface area contributed by atoms with Gasteiger partial charge in [-0.1, -0.05) is 27.7 Å². The summed E-state index contributed by atoms with van der Waals surface area (Å²) in [5.74, 6) is 1.14. The summed E-state index contributed by atoms with van der Waals surface area (Å²) < 4.78 is 0. The van der Waals surface area contributed by atoms with Gasteiger partial charge >= 0.3 is 0 Å². The number of benzene rings is 1. The largest absolute Gasteiger partial charge is 0.142 e. The summed E-state index contributed by atoms with van der Waals surface area (Å²) in [6, 6.07) is 0. The highest BCUT2D eigenvalue weighted by molar-refractivity contribution is 7.84. The fourth-order valence-electron chi connectivity index (χ4n) is 2.00. The zero-order valence-corrected chi connectivity index (χ0v) is 14.9. The Kier molecular flexibility index (Phi) is 6.36. The van der Waals surface area contributed by atoms with E-state index in [0.29, 0.717) is 11.8 Å². The van der Waals surface area contributed by atoms with Gasteiger partial charge in [0.2, 0.25) is 0 Å². The average Bonchev–Trinajstić information content (AvgIpc) is 2.27. The van der Waals surface area contributed by atoms with Gasteiger partial charge in [-0.2, -0.15) is 0 Å². The Labute approximate surface area is 133 Å². The molecule has 0 fully saturated rings. The first kappa shape index (κ1) is 16.7. The number of thiol groups is 4. The average molecular weight is 319 g/mol. The maximum absolute atomic E-state index is 4.64. The predicted molar refractivity (Wildman–Crippen MR) is 92.5 cm³/mol. The summed E-state index contributed by atoms with van der Waals surface area (Å²) in [5.41, 5.74) is 2.33. The number of hydrogen-bond donors (Lipinski definition) is 4. The first-order chi connectivity index (χ1) is 8.25. The van der Waals surface area contributed by atoms with Crippen molar-refractivity contribution in [3.05, 3.63) is 11.1 Å². The minimum atomic E-state index is 0.568. The Hall–Kier alpha value is 0.620. The molecule has 0 bridgehead atoms. The van der Waals surface area contributed by atoms with E-state index in [4.69, 9.17) is 0 Å². The highest BCUT2D eigenvalue weighted by Gasteiger charge is 2.18. The molecule has 0 N–H and O–H groups in total. The van der Waals surface area contributed by atoms with E-state index in [1.165, 1.54) is 11.1 Å². The van der Waals surface area contributed by atoms with Crippen molar-refractivity contribution in [2.75, 3.05) is 0 Å². The lowest BCUT2D eigenvalue weighted by Gasteiger charge is -2.20. The summed E-state index contributed by atoms with van der Waals surface area (Å²) in [6.07, 6.45) is 1.92. The van der Waals surface area contributed by atoms with Crippen LogP contribution in [0.25, 0.3) is 0 Å². The topological polar surface area (TPSA) is 0 Å². The monoisotopic (exact) mass is 318 g/mol. The van der Waals surface area contributed by atoms with Crippen LogP contribution in [0.4, 0.5) is 0 Å². The van der Waals surface area contributed by atoms with Crippen LogP contribution in [0.15, 0.2) is 19.6 Å². The summed E-state index contributed by atoms with van der Waals surface area (Å²) >= 11 is 18.5. The summed E-state index contributed by atoms with van der Waals surface area (Å²) in [5, 5.41) is 0. The van der Waals surface area contributed by atoms with Crippen LogP contribution in [0.3, 0.4) is 0 Å². The van der Waals surface area contributed by atoms with Crippen molar-refractivity contribution in [3.8, 4) is 0 Å². The molecule has 0 aliphatic carbocycles. The standard InChI is InChI=1S/C14H22S4/c1-7(2)5-9-11(15)13(17)10(6-8(3)4)14(18)12(9)16/h7-8,15-18H,5-6H2,1-4H3. The molecule has 0 radical (unpaired) electrons. The molecular formula is C14H22S4. The third-order valence-electron chi connectivity index (χ3n) is 2.82. The van der Waals surface area contributed by atoms with Crippen LogP contribution in [-0.2, 0) is 12.8 Å². The van der Waals surface area contributed by atoms with Crippen molar-refractivity contribution in [2.24, 2.45) is 11.8 Å². The second-order valence-electron chi connectivity index (χ2n) is 5.55. The highest BCUT2D eigenvalue weighted by atomic mass is 32.1. The first-order valence-corrected chi connectivity index (χ1v) is 8.02. The van der Waals surface area contributed by atoms with Crippen LogP contribution in [0.5, 0.6) is 0 Å². The Balaban J connectivity index is 3.35. The smallest absolute Gasteiger partial charge is 0.0221 e. The molecule has 0 aliphatic rings. The van der Waals surface area contributed by atoms with E-state index in [1.807, 2.05) is 0 Å². The van der Waals surface area contributed by atoms with Gasteiger partial charge in [0, 0.05) is 19.6 Å². The molecule has 0 aliphatic heterocycles. The van der Waals surface area contributed by atoms with Gasteiger partial charge in [-0.05, 0) is 35.8 Å². The van der Waals surface area contributed by atoms with E-state index in [2.05, 4.69) is 78.2 Å². The van der Waals surface area contributed by atoms with Crippen molar-refractivity contribution in [3.63, 3.8) is 0 Å². The molecule has 1 aromatic carbocycles. The van der Waals surface area contributed by atoms with Crippen LogP contribution >= 0.6 is 50.5 Å². The fourth-order valence-corrected chi connectivity index (χ4v) is 3.53. The van der Waals surface area contributed by atoms with Crippen molar-refractivity contribution < 1.29 is 0 Å². The van der Waals surface area contributed by atoms with E-state index in [1.54, 1.807) is 0 Å². The SMILES string of the molecule is CC(C)Cc1c(S)c(S)c(CC(C)C)c(S)c1S. The van der Waals surface area contributed by atoms with Gasteiger partial charge in [0.15, 0.2) is 0 Å². The third kappa shape index (κ3) is 3.81. The minimum Gasteiger partial charge on any atom is -0.142 e. The maximum atomic E-state index is 4.64. The van der Waals surface area contributed by atoms with Crippen molar-refractivity contribution >= 4 is 50.5 Å². The van der Waals surface area contributed by atoms with Crippen LogP contribution in [0.1, 0.15) is 38.8 Å². The molecule has 0 heterocycles. The maximum Gasteiger partial charge on any atom is 0.0221 e.